The number of benzene rings is 1. The molecule has 0 radical (unpaired) electrons. The zero-order chi connectivity index (χ0) is 18.7. The number of carbonyl (C=O) groups is 1. The van der Waals surface area contributed by atoms with Crippen molar-refractivity contribution in [1.29, 1.82) is 0 Å². The first-order chi connectivity index (χ1) is 12.4. The largest absolute Gasteiger partial charge is 0.481 e. The fourth-order valence-electron chi connectivity index (χ4n) is 4.44. The molecule has 2 aliphatic carbocycles. The highest BCUT2D eigenvalue weighted by atomic mass is 32.2. The van der Waals surface area contributed by atoms with Crippen molar-refractivity contribution in [2.24, 2.45) is 17.8 Å². The zero-order valence-electron chi connectivity index (χ0n) is 15.1. The Labute approximate surface area is 155 Å². The van der Waals surface area contributed by atoms with Gasteiger partial charge in [0.05, 0.1) is 4.90 Å². The Morgan fingerprint density at radius 3 is 2.81 bits per heavy atom. The van der Waals surface area contributed by atoms with Gasteiger partial charge in [0.2, 0.25) is 10.0 Å². The van der Waals surface area contributed by atoms with Gasteiger partial charge in [0.15, 0.2) is 0 Å². The summed E-state index contributed by atoms with van der Waals surface area (Å²) in [4.78, 5) is 10.9. The molecule has 0 unspecified atom stereocenters. The highest BCUT2D eigenvalue weighted by molar-refractivity contribution is 7.89. The molecule has 2 fully saturated rings. The highest BCUT2D eigenvalue weighted by Gasteiger charge is 2.47. The summed E-state index contributed by atoms with van der Waals surface area (Å²) in [5, 5.41) is 8.71. The molecule has 0 aliphatic heterocycles. The van der Waals surface area contributed by atoms with Crippen molar-refractivity contribution in [3.05, 3.63) is 42.0 Å². The van der Waals surface area contributed by atoms with Crippen LogP contribution < -0.4 is 4.72 Å². The average molecular weight is 378 g/mol. The SMILES string of the molecule is Cc1cccc(S(=O)(=O)N[C@H]2[C@H]3CC[C@H](C3)[C@@H]2/C=C\CCCC(=O)O)c1. The Morgan fingerprint density at radius 2 is 2.08 bits per heavy atom. The number of allylic oxidation sites excluding steroid dienone is 1. The van der Waals surface area contributed by atoms with E-state index < -0.39 is 16.0 Å². The van der Waals surface area contributed by atoms with E-state index in [4.69, 9.17) is 5.11 Å². The van der Waals surface area contributed by atoms with Crippen molar-refractivity contribution in [3.8, 4) is 0 Å². The lowest BCUT2D eigenvalue weighted by Gasteiger charge is -2.29. The Morgan fingerprint density at radius 1 is 1.31 bits per heavy atom. The lowest BCUT2D eigenvalue weighted by Crippen LogP contribution is -2.43. The maximum absolute atomic E-state index is 12.8. The molecule has 5 nitrogen and oxygen atoms in total. The van der Waals surface area contributed by atoms with Crippen LogP contribution in [0, 0.1) is 24.7 Å². The van der Waals surface area contributed by atoms with E-state index in [0.717, 1.165) is 31.2 Å². The Kier molecular flexibility index (Phi) is 5.82. The first-order valence-corrected chi connectivity index (χ1v) is 10.8. The van der Waals surface area contributed by atoms with Gasteiger partial charge in [-0.05, 0) is 74.5 Å². The molecule has 26 heavy (non-hydrogen) atoms. The van der Waals surface area contributed by atoms with Crippen LogP contribution in [-0.4, -0.2) is 25.5 Å². The summed E-state index contributed by atoms with van der Waals surface area (Å²) in [6.07, 6.45) is 8.96. The van der Waals surface area contributed by atoms with E-state index in [9.17, 15) is 13.2 Å². The zero-order valence-corrected chi connectivity index (χ0v) is 15.9. The van der Waals surface area contributed by atoms with Gasteiger partial charge in [-0.25, -0.2) is 13.1 Å². The highest BCUT2D eigenvalue weighted by Crippen LogP contribution is 2.49. The predicted molar refractivity (Wildman–Crippen MR) is 100 cm³/mol. The van der Waals surface area contributed by atoms with Crippen molar-refractivity contribution in [2.75, 3.05) is 0 Å². The molecule has 142 valence electrons. The number of sulfonamides is 1. The molecule has 2 bridgehead atoms. The van der Waals surface area contributed by atoms with E-state index in [2.05, 4.69) is 10.8 Å². The number of fused-ring (bicyclic) bond motifs is 2. The van der Waals surface area contributed by atoms with Gasteiger partial charge in [0, 0.05) is 12.5 Å². The molecule has 2 N–H and O–H groups in total. The molecule has 0 heterocycles. The number of rotatable bonds is 8. The van der Waals surface area contributed by atoms with Gasteiger partial charge in [-0.1, -0.05) is 24.3 Å². The van der Waals surface area contributed by atoms with Crippen LogP contribution in [0.15, 0.2) is 41.3 Å². The van der Waals surface area contributed by atoms with Crippen LogP contribution in [0.2, 0.25) is 0 Å². The van der Waals surface area contributed by atoms with Gasteiger partial charge in [-0.15, -0.1) is 0 Å². The maximum atomic E-state index is 12.8. The topological polar surface area (TPSA) is 83.5 Å². The fourth-order valence-corrected chi connectivity index (χ4v) is 5.88. The molecule has 2 aliphatic rings. The van der Waals surface area contributed by atoms with Crippen molar-refractivity contribution < 1.29 is 18.3 Å². The number of hydrogen-bond acceptors (Lipinski definition) is 3. The summed E-state index contributed by atoms with van der Waals surface area (Å²) in [6.45, 7) is 1.89. The Hall–Kier alpha value is -1.66. The van der Waals surface area contributed by atoms with Crippen LogP contribution in [-0.2, 0) is 14.8 Å². The second-order valence-corrected chi connectivity index (χ2v) is 9.30. The fraction of sp³-hybridized carbons (Fsp3) is 0.550. The number of aryl methyl sites for hydroxylation is 1. The molecular formula is C20H27NO4S. The predicted octanol–water partition coefficient (Wildman–Crippen LogP) is 3.50. The lowest BCUT2D eigenvalue weighted by molar-refractivity contribution is -0.137. The molecule has 2 saturated carbocycles. The normalized spacial score (nSPS) is 28.0. The van der Waals surface area contributed by atoms with Crippen LogP contribution in [0.4, 0.5) is 0 Å². The number of hydrogen-bond donors (Lipinski definition) is 2. The minimum absolute atomic E-state index is 0.0602. The minimum Gasteiger partial charge on any atom is -0.481 e. The summed E-state index contributed by atoms with van der Waals surface area (Å²) in [7, 11) is -3.53. The summed E-state index contributed by atoms with van der Waals surface area (Å²) in [5.41, 5.74) is 0.927. The molecule has 1 aromatic rings. The quantitative estimate of drug-likeness (QED) is 0.536. The van der Waals surface area contributed by atoms with Gasteiger partial charge in [0.1, 0.15) is 0 Å². The summed E-state index contributed by atoms with van der Waals surface area (Å²) in [6, 6.07) is 6.94. The van der Waals surface area contributed by atoms with Crippen LogP contribution >= 0.6 is 0 Å². The number of carboxylic acids is 1. The lowest BCUT2D eigenvalue weighted by atomic mass is 9.84. The van der Waals surface area contributed by atoms with E-state index in [-0.39, 0.29) is 18.4 Å². The summed E-state index contributed by atoms with van der Waals surface area (Å²) < 4.78 is 28.6. The standard InChI is InChI=1S/C20H27NO4S/c1-14-6-5-7-17(12-14)26(24,25)21-20-16-11-10-15(13-16)18(20)8-3-2-4-9-19(22)23/h3,5-8,12,15-16,18,20-21H,2,4,9-11,13H2,1H3,(H,22,23)/b8-3-/t15-,16+,18+,20+/m1/s1. The third-order valence-corrected chi connectivity index (χ3v) is 7.15. The smallest absolute Gasteiger partial charge is 0.303 e. The van der Waals surface area contributed by atoms with E-state index in [1.54, 1.807) is 18.2 Å². The Bertz CT molecular complexity index is 787. The maximum Gasteiger partial charge on any atom is 0.303 e. The number of nitrogens with one attached hydrogen (secondary N) is 1. The molecule has 3 rings (SSSR count). The first kappa shape index (κ1) is 19.1. The van der Waals surface area contributed by atoms with Crippen LogP contribution in [0.1, 0.15) is 44.1 Å². The Balaban J connectivity index is 1.69. The van der Waals surface area contributed by atoms with Crippen LogP contribution in [0.25, 0.3) is 0 Å². The van der Waals surface area contributed by atoms with E-state index in [0.29, 0.717) is 23.2 Å². The molecular weight excluding hydrogens is 350 g/mol. The number of aliphatic carboxylic acids is 1. The monoisotopic (exact) mass is 377 g/mol. The van der Waals surface area contributed by atoms with Gasteiger partial charge in [-0.2, -0.15) is 0 Å². The van der Waals surface area contributed by atoms with Gasteiger partial charge < -0.3 is 5.11 Å². The van der Waals surface area contributed by atoms with E-state index in [1.165, 1.54) is 0 Å². The number of unbranched alkanes of at least 4 members (excludes halogenated alkanes) is 1. The number of carboxylic acid groups (broad SMARTS) is 1. The van der Waals surface area contributed by atoms with Crippen LogP contribution in [0.3, 0.4) is 0 Å². The van der Waals surface area contributed by atoms with Crippen molar-refractivity contribution >= 4 is 16.0 Å². The second kappa shape index (κ2) is 7.92. The average Bonchev–Trinajstić information content (AvgIpc) is 3.16. The third kappa shape index (κ3) is 4.35. The molecule has 0 aromatic heterocycles. The van der Waals surface area contributed by atoms with Gasteiger partial charge >= 0.3 is 5.97 Å². The van der Waals surface area contributed by atoms with Crippen molar-refractivity contribution in [2.45, 2.75) is 56.4 Å². The molecule has 4 atom stereocenters. The minimum atomic E-state index is -3.53. The van der Waals surface area contributed by atoms with E-state index >= 15 is 0 Å². The van der Waals surface area contributed by atoms with Crippen LogP contribution in [0.5, 0.6) is 0 Å². The molecule has 0 amide bonds. The van der Waals surface area contributed by atoms with Gasteiger partial charge in [0.25, 0.3) is 0 Å². The second-order valence-electron chi connectivity index (χ2n) is 7.59. The third-order valence-electron chi connectivity index (χ3n) is 5.69. The summed E-state index contributed by atoms with van der Waals surface area (Å²) >= 11 is 0. The molecule has 6 heteroatoms. The van der Waals surface area contributed by atoms with Gasteiger partial charge in [-0.3, -0.25) is 4.79 Å². The molecule has 1 aromatic carbocycles. The molecule has 0 saturated heterocycles. The summed E-state index contributed by atoms with van der Waals surface area (Å²) in [5.74, 6) is 0.356. The molecule has 0 spiro atoms. The van der Waals surface area contributed by atoms with Crippen molar-refractivity contribution in [3.63, 3.8) is 0 Å². The first-order valence-electron chi connectivity index (χ1n) is 9.34. The van der Waals surface area contributed by atoms with E-state index in [1.807, 2.05) is 19.1 Å². The van der Waals surface area contributed by atoms with Crippen molar-refractivity contribution in [1.82, 2.24) is 4.72 Å².